The minimum Gasteiger partial charge on any atom is -0.398 e. The van der Waals surface area contributed by atoms with E-state index in [0.29, 0.717) is 11.3 Å². The maximum atomic E-state index is 13.7. The highest BCUT2D eigenvalue weighted by Gasteiger charge is 2.34. The van der Waals surface area contributed by atoms with Gasteiger partial charge in [-0.25, -0.2) is 0 Å². The van der Waals surface area contributed by atoms with Crippen LogP contribution in [-0.2, 0) is 12.7 Å². The van der Waals surface area contributed by atoms with Crippen LogP contribution >= 0.6 is 0 Å². The first-order chi connectivity index (χ1) is 13.7. The summed E-state index contributed by atoms with van der Waals surface area (Å²) in [6.07, 6.45) is 0.930. The first-order valence-electron chi connectivity index (χ1n) is 9.02. The normalized spacial score (nSPS) is 12.6. The molecule has 0 spiro atoms. The third-order valence-electron chi connectivity index (χ3n) is 4.55. The molecule has 0 saturated heterocycles. The topological polar surface area (TPSA) is 67.3 Å². The van der Waals surface area contributed by atoms with Crippen LogP contribution in [0.1, 0.15) is 28.2 Å². The molecule has 156 valence electrons. The van der Waals surface area contributed by atoms with Crippen LogP contribution in [-0.4, -0.2) is 24.8 Å². The van der Waals surface area contributed by atoms with E-state index in [9.17, 15) is 17.7 Å². The fraction of sp³-hybridized carbons (Fsp3) is 0.333. The summed E-state index contributed by atoms with van der Waals surface area (Å²) in [6, 6.07) is 9.13. The quantitative estimate of drug-likeness (QED) is 0.267. The molecule has 1 unspecified atom stereocenters. The highest BCUT2D eigenvalue weighted by Crippen LogP contribution is 2.35. The lowest BCUT2D eigenvalue weighted by atomic mass is 9.94. The Kier molecular flexibility index (Phi) is 7.48. The van der Waals surface area contributed by atoms with Gasteiger partial charge in [-0.05, 0) is 41.8 Å². The van der Waals surface area contributed by atoms with E-state index in [-0.39, 0.29) is 30.3 Å². The van der Waals surface area contributed by atoms with Gasteiger partial charge in [-0.15, -0.1) is 16.0 Å². The summed E-state index contributed by atoms with van der Waals surface area (Å²) in [5.41, 5.74) is 12.6. The highest BCUT2D eigenvalue weighted by atomic mass is 19.4. The number of nitrogens with two attached hydrogens (primary N) is 2. The number of aryl methyl sites for hydroxylation is 1. The van der Waals surface area contributed by atoms with Gasteiger partial charge in [0, 0.05) is 31.0 Å². The van der Waals surface area contributed by atoms with Crippen molar-refractivity contribution >= 4 is 11.4 Å². The van der Waals surface area contributed by atoms with Gasteiger partial charge >= 0.3 is 6.18 Å². The summed E-state index contributed by atoms with van der Waals surface area (Å²) in [5.74, 6) is 1.90. The van der Waals surface area contributed by atoms with Crippen LogP contribution in [0.2, 0.25) is 0 Å². The van der Waals surface area contributed by atoms with Crippen molar-refractivity contribution in [3.8, 4) is 12.3 Å². The minimum atomic E-state index is -4.63. The van der Waals surface area contributed by atoms with Crippen LogP contribution in [0.5, 0.6) is 0 Å². The highest BCUT2D eigenvalue weighted by molar-refractivity contribution is 5.58. The smallest absolute Gasteiger partial charge is 0.398 e. The molecule has 8 heteroatoms. The summed E-state index contributed by atoms with van der Waals surface area (Å²) in [7, 11) is 0. The van der Waals surface area contributed by atoms with Crippen molar-refractivity contribution in [3.63, 3.8) is 0 Å². The molecule has 0 radical (unpaired) electrons. The van der Waals surface area contributed by atoms with Crippen molar-refractivity contribution in [2.24, 2.45) is 5.73 Å². The average Bonchev–Trinajstić information content (AvgIpc) is 2.65. The molecule has 0 aromatic heterocycles. The number of nitrogens with one attached hydrogen (secondary N) is 1. The van der Waals surface area contributed by atoms with Crippen molar-refractivity contribution in [1.29, 1.82) is 0 Å². The number of nitrogens with zero attached hydrogens (tertiary/aromatic N) is 1. The second kappa shape index (κ2) is 9.63. The molecular formula is C21H24F4N4. The summed E-state index contributed by atoms with van der Waals surface area (Å²) in [5, 5.41) is 3.35. The third kappa shape index (κ3) is 6.11. The molecule has 0 bridgehead atoms. The van der Waals surface area contributed by atoms with E-state index in [0.717, 1.165) is 17.3 Å². The van der Waals surface area contributed by atoms with Crippen LogP contribution in [0.25, 0.3) is 0 Å². The number of terminal acetylenes is 1. The molecule has 0 saturated carbocycles. The van der Waals surface area contributed by atoms with Crippen molar-refractivity contribution in [2.45, 2.75) is 25.6 Å². The van der Waals surface area contributed by atoms with Gasteiger partial charge in [0.1, 0.15) is 0 Å². The Morgan fingerprint density at radius 2 is 1.93 bits per heavy atom. The zero-order valence-corrected chi connectivity index (χ0v) is 16.1. The van der Waals surface area contributed by atoms with E-state index in [1.807, 2.05) is 19.1 Å². The zero-order valence-electron chi connectivity index (χ0n) is 16.1. The number of nitrogen functional groups attached to an aromatic ring is 1. The second-order valence-electron chi connectivity index (χ2n) is 6.72. The van der Waals surface area contributed by atoms with Gasteiger partial charge < -0.3 is 16.8 Å². The molecule has 0 amide bonds. The Hall–Kier alpha value is -2.76. The number of benzene rings is 2. The Morgan fingerprint density at radius 3 is 2.52 bits per heavy atom. The van der Waals surface area contributed by atoms with Gasteiger partial charge in [0.15, 0.2) is 0 Å². The predicted molar refractivity (Wildman–Crippen MR) is 108 cm³/mol. The van der Waals surface area contributed by atoms with E-state index in [1.165, 1.54) is 12.1 Å². The molecule has 4 nitrogen and oxygen atoms in total. The molecule has 0 heterocycles. The van der Waals surface area contributed by atoms with Gasteiger partial charge in [-0.1, -0.05) is 24.1 Å². The first-order valence-corrected chi connectivity index (χ1v) is 9.02. The van der Waals surface area contributed by atoms with Crippen LogP contribution in [0.4, 0.5) is 29.0 Å². The number of anilines is 2. The molecule has 2 rings (SSSR count). The van der Waals surface area contributed by atoms with Gasteiger partial charge in [-0.3, -0.25) is 0 Å². The molecule has 29 heavy (non-hydrogen) atoms. The average molecular weight is 408 g/mol. The molecule has 0 aliphatic heterocycles. The molecule has 2 aromatic carbocycles. The van der Waals surface area contributed by atoms with Crippen LogP contribution in [0.3, 0.4) is 0 Å². The first kappa shape index (κ1) is 22.5. The summed E-state index contributed by atoms with van der Waals surface area (Å²) in [4.78, 5) is 0. The molecule has 5 N–H and O–H groups in total. The number of hydrogen-bond donors (Lipinski definition) is 3. The van der Waals surface area contributed by atoms with E-state index in [2.05, 4.69) is 11.2 Å². The molecule has 1 atom stereocenters. The number of alkyl halides is 3. The summed E-state index contributed by atoms with van der Waals surface area (Å²) in [6.45, 7) is 1.43. The molecule has 0 aliphatic rings. The Morgan fingerprint density at radius 1 is 1.21 bits per heavy atom. The van der Waals surface area contributed by atoms with Crippen molar-refractivity contribution in [1.82, 2.24) is 5.12 Å². The SMILES string of the molecule is C#CC(CNc1ccc(C)c(N)c1)c1ccc(CN(F)CCN)c(C(F)(F)F)c1. The fourth-order valence-corrected chi connectivity index (χ4v) is 2.86. The van der Waals surface area contributed by atoms with E-state index >= 15 is 0 Å². The fourth-order valence-electron chi connectivity index (χ4n) is 2.86. The van der Waals surface area contributed by atoms with Gasteiger partial charge in [-0.2, -0.15) is 13.2 Å². The van der Waals surface area contributed by atoms with Gasteiger partial charge in [0.2, 0.25) is 0 Å². The maximum Gasteiger partial charge on any atom is 0.416 e. The number of halogens is 4. The Bertz CT molecular complexity index is 874. The molecule has 2 aromatic rings. The Balaban J connectivity index is 2.24. The lowest BCUT2D eigenvalue weighted by Crippen LogP contribution is -2.23. The minimum absolute atomic E-state index is 0.00426. The standard InChI is InChI=1S/C21H24F4N4/c1-3-15(12-28-18-7-4-14(2)20(27)11-18)16-5-6-17(13-29(25)9-8-26)19(10-16)21(22,23)24/h1,4-7,10-11,15,28H,8-9,12-13,26-27H2,2H3. The summed E-state index contributed by atoms with van der Waals surface area (Å²) < 4.78 is 54.2. The van der Waals surface area contributed by atoms with Crippen molar-refractivity contribution in [3.05, 3.63) is 58.7 Å². The third-order valence-corrected chi connectivity index (χ3v) is 4.55. The Labute approximate surface area is 167 Å². The van der Waals surface area contributed by atoms with E-state index in [4.69, 9.17) is 17.9 Å². The largest absolute Gasteiger partial charge is 0.416 e. The summed E-state index contributed by atoms with van der Waals surface area (Å²) >= 11 is 0. The molecular weight excluding hydrogens is 384 g/mol. The number of hydrogen-bond acceptors (Lipinski definition) is 4. The lowest BCUT2D eigenvalue weighted by Gasteiger charge is -2.20. The van der Waals surface area contributed by atoms with E-state index in [1.54, 1.807) is 6.07 Å². The van der Waals surface area contributed by atoms with Crippen LogP contribution in [0, 0.1) is 19.3 Å². The van der Waals surface area contributed by atoms with Crippen LogP contribution < -0.4 is 16.8 Å². The second-order valence-corrected chi connectivity index (χ2v) is 6.72. The monoisotopic (exact) mass is 408 g/mol. The lowest BCUT2D eigenvalue weighted by molar-refractivity contribution is -0.139. The zero-order chi connectivity index (χ0) is 21.6. The van der Waals surface area contributed by atoms with E-state index < -0.39 is 24.2 Å². The predicted octanol–water partition coefficient (Wildman–Crippen LogP) is 4.07. The van der Waals surface area contributed by atoms with Crippen molar-refractivity contribution < 1.29 is 17.7 Å². The van der Waals surface area contributed by atoms with Gasteiger partial charge in [0.05, 0.1) is 18.0 Å². The molecule has 0 aliphatic carbocycles. The molecule has 0 fully saturated rings. The van der Waals surface area contributed by atoms with Gasteiger partial charge in [0.25, 0.3) is 0 Å². The maximum absolute atomic E-state index is 13.7. The van der Waals surface area contributed by atoms with Crippen LogP contribution in [0.15, 0.2) is 36.4 Å². The van der Waals surface area contributed by atoms with Crippen molar-refractivity contribution in [2.75, 3.05) is 30.7 Å². The number of rotatable bonds is 8.